The van der Waals surface area contributed by atoms with Gasteiger partial charge in [0.05, 0.1) is 5.56 Å². The number of hydrogen-bond acceptors (Lipinski definition) is 4. The zero-order valence-corrected chi connectivity index (χ0v) is 12.6. The van der Waals surface area contributed by atoms with Gasteiger partial charge in [0, 0.05) is 37.1 Å². The first-order valence-electron chi connectivity index (χ1n) is 7.42. The van der Waals surface area contributed by atoms with Gasteiger partial charge in [-0.05, 0) is 25.0 Å². The first-order valence-corrected chi connectivity index (χ1v) is 7.42. The molecule has 0 aliphatic carbocycles. The second-order valence-corrected chi connectivity index (χ2v) is 5.45. The van der Waals surface area contributed by atoms with Crippen molar-refractivity contribution < 1.29 is 22.7 Å². The number of amides is 1. The molecule has 2 aromatic rings. The van der Waals surface area contributed by atoms with Crippen molar-refractivity contribution in [3.63, 3.8) is 0 Å². The number of aromatic nitrogens is 3. The molecule has 3 rings (SSSR count). The van der Waals surface area contributed by atoms with Gasteiger partial charge in [-0.2, -0.15) is 18.3 Å². The van der Waals surface area contributed by atoms with Crippen molar-refractivity contribution in [2.24, 2.45) is 0 Å². The number of rotatable bonds is 3. The second-order valence-electron chi connectivity index (χ2n) is 5.45. The van der Waals surface area contributed by atoms with E-state index in [9.17, 15) is 18.0 Å². The fourth-order valence-corrected chi connectivity index (χ4v) is 2.61. The third kappa shape index (κ3) is 3.56. The number of nitrogens with zero attached hydrogens (tertiary/aromatic N) is 2. The SMILES string of the molecule is O=C(Nc1cc(C2CCOCC2)[nH]n1)c1ncccc1C(F)(F)F. The van der Waals surface area contributed by atoms with Gasteiger partial charge in [0.2, 0.25) is 0 Å². The standard InChI is InChI=1S/C15H15F3N4O2/c16-15(17,18)10-2-1-5-19-13(10)14(23)20-12-8-11(21-22-12)9-3-6-24-7-4-9/h1-2,5,8-9H,3-4,6-7H2,(H2,20,21,22,23). The topological polar surface area (TPSA) is 79.9 Å². The highest BCUT2D eigenvalue weighted by atomic mass is 19.4. The summed E-state index contributed by atoms with van der Waals surface area (Å²) in [6.07, 6.45) is -1.86. The van der Waals surface area contributed by atoms with Crippen LogP contribution in [0.25, 0.3) is 0 Å². The largest absolute Gasteiger partial charge is 0.418 e. The number of hydrogen-bond donors (Lipinski definition) is 2. The number of alkyl halides is 3. The highest BCUT2D eigenvalue weighted by molar-refractivity contribution is 6.03. The van der Waals surface area contributed by atoms with E-state index >= 15 is 0 Å². The van der Waals surface area contributed by atoms with E-state index in [0.29, 0.717) is 13.2 Å². The maximum atomic E-state index is 12.9. The highest BCUT2D eigenvalue weighted by Crippen LogP contribution is 2.31. The van der Waals surface area contributed by atoms with E-state index in [4.69, 9.17) is 4.74 Å². The summed E-state index contributed by atoms with van der Waals surface area (Å²) in [5, 5.41) is 9.11. The van der Waals surface area contributed by atoms with Crippen LogP contribution in [0.4, 0.5) is 19.0 Å². The molecule has 0 saturated carbocycles. The molecule has 1 amide bonds. The Morgan fingerprint density at radius 2 is 2.08 bits per heavy atom. The van der Waals surface area contributed by atoms with Crippen molar-refractivity contribution in [3.05, 3.63) is 41.3 Å². The van der Waals surface area contributed by atoms with Gasteiger partial charge in [-0.1, -0.05) is 0 Å². The Labute approximate surface area is 135 Å². The molecule has 0 bridgehead atoms. The van der Waals surface area contributed by atoms with Crippen LogP contribution in [0, 0.1) is 0 Å². The Balaban J connectivity index is 1.75. The van der Waals surface area contributed by atoms with Crippen molar-refractivity contribution >= 4 is 11.7 Å². The minimum Gasteiger partial charge on any atom is -0.381 e. The Morgan fingerprint density at radius 3 is 2.79 bits per heavy atom. The van der Waals surface area contributed by atoms with Gasteiger partial charge in [-0.25, -0.2) is 0 Å². The molecule has 1 fully saturated rings. The van der Waals surface area contributed by atoms with Crippen LogP contribution >= 0.6 is 0 Å². The summed E-state index contributed by atoms with van der Waals surface area (Å²) >= 11 is 0. The Hall–Kier alpha value is -2.42. The summed E-state index contributed by atoms with van der Waals surface area (Å²) in [4.78, 5) is 15.7. The van der Waals surface area contributed by atoms with Crippen LogP contribution < -0.4 is 5.32 Å². The van der Waals surface area contributed by atoms with E-state index in [0.717, 1.165) is 36.9 Å². The van der Waals surface area contributed by atoms with Gasteiger partial charge in [-0.3, -0.25) is 14.9 Å². The van der Waals surface area contributed by atoms with E-state index in [1.807, 2.05) is 0 Å². The molecule has 2 N–H and O–H groups in total. The lowest BCUT2D eigenvalue weighted by molar-refractivity contribution is -0.138. The number of pyridine rings is 1. The lowest BCUT2D eigenvalue weighted by Crippen LogP contribution is -2.20. The molecule has 0 spiro atoms. The summed E-state index contributed by atoms with van der Waals surface area (Å²) in [5.41, 5.74) is -0.936. The van der Waals surface area contributed by atoms with Crippen molar-refractivity contribution in [2.75, 3.05) is 18.5 Å². The lowest BCUT2D eigenvalue weighted by Gasteiger charge is -2.20. The number of halogens is 3. The molecule has 24 heavy (non-hydrogen) atoms. The van der Waals surface area contributed by atoms with E-state index < -0.39 is 23.3 Å². The van der Waals surface area contributed by atoms with Crippen LogP contribution in [0.15, 0.2) is 24.4 Å². The van der Waals surface area contributed by atoms with E-state index in [1.165, 1.54) is 0 Å². The zero-order chi connectivity index (χ0) is 17.2. The number of aromatic amines is 1. The number of anilines is 1. The quantitative estimate of drug-likeness (QED) is 0.900. The maximum absolute atomic E-state index is 12.9. The van der Waals surface area contributed by atoms with Gasteiger partial charge in [-0.15, -0.1) is 0 Å². The summed E-state index contributed by atoms with van der Waals surface area (Å²) in [7, 11) is 0. The summed E-state index contributed by atoms with van der Waals surface area (Å²) in [6, 6.07) is 3.58. The molecular formula is C15H15F3N4O2. The average Bonchev–Trinajstić information content (AvgIpc) is 3.03. The van der Waals surface area contributed by atoms with Crippen LogP contribution in [0.3, 0.4) is 0 Å². The van der Waals surface area contributed by atoms with Crippen LogP contribution in [0.1, 0.15) is 40.5 Å². The molecule has 128 valence electrons. The van der Waals surface area contributed by atoms with Crippen molar-refractivity contribution in [1.29, 1.82) is 0 Å². The highest BCUT2D eigenvalue weighted by Gasteiger charge is 2.36. The van der Waals surface area contributed by atoms with Gasteiger partial charge in [0.15, 0.2) is 5.82 Å². The van der Waals surface area contributed by atoms with E-state index in [-0.39, 0.29) is 11.7 Å². The minimum absolute atomic E-state index is 0.167. The first-order chi connectivity index (χ1) is 11.4. The number of carbonyl (C=O) groups excluding carboxylic acids is 1. The summed E-state index contributed by atoms with van der Waals surface area (Å²) < 4.78 is 44.1. The van der Waals surface area contributed by atoms with Crippen LogP contribution in [0.5, 0.6) is 0 Å². The van der Waals surface area contributed by atoms with Gasteiger partial charge < -0.3 is 10.1 Å². The smallest absolute Gasteiger partial charge is 0.381 e. The second kappa shape index (κ2) is 6.60. The number of carbonyl (C=O) groups is 1. The summed E-state index contributed by atoms with van der Waals surface area (Å²) in [6.45, 7) is 1.29. The van der Waals surface area contributed by atoms with Gasteiger partial charge in [0.25, 0.3) is 5.91 Å². The molecule has 0 unspecified atom stereocenters. The van der Waals surface area contributed by atoms with Crippen molar-refractivity contribution in [3.8, 4) is 0 Å². The zero-order valence-electron chi connectivity index (χ0n) is 12.6. The molecule has 1 aliphatic rings. The number of nitrogens with one attached hydrogen (secondary N) is 2. The average molecular weight is 340 g/mol. The van der Waals surface area contributed by atoms with Gasteiger partial charge in [0.1, 0.15) is 5.69 Å². The molecule has 1 aliphatic heterocycles. The third-order valence-corrected chi connectivity index (χ3v) is 3.83. The minimum atomic E-state index is -4.65. The molecule has 0 atom stereocenters. The Bertz CT molecular complexity index is 724. The lowest BCUT2D eigenvalue weighted by atomic mass is 9.97. The van der Waals surface area contributed by atoms with E-state index in [1.54, 1.807) is 6.07 Å². The molecular weight excluding hydrogens is 325 g/mol. The Morgan fingerprint density at radius 1 is 1.33 bits per heavy atom. The maximum Gasteiger partial charge on any atom is 0.418 e. The van der Waals surface area contributed by atoms with E-state index in [2.05, 4.69) is 20.5 Å². The molecule has 1 saturated heterocycles. The van der Waals surface area contributed by atoms with Gasteiger partial charge >= 0.3 is 6.18 Å². The predicted molar refractivity (Wildman–Crippen MR) is 78.6 cm³/mol. The third-order valence-electron chi connectivity index (χ3n) is 3.83. The molecule has 6 nitrogen and oxygen atoms in total. The number of H-pyrrole nitrogens is 1. The fourth-order valence-electron chi connectivity index (χ4n) is 2.61. The Kier molecular flexibility index (Phi) is 4.52. The van der Waals surface area contributed by atoms with Crippen LogP contribution in [0.2, 0.25) is 0 Å². The predicted octanol–water partition coefficient (Wildman–Crippen LogP) is 2.97. The molecule has 0 aromatic carbocycles. The number of ether oxygens (including phenoxy) is 1. The molecule has 2 aromatic heterocycles. The monoisotopic (exact) mass is 340 g/mol. The summed E-state index contributed by atoms with van der Waals surface area (Å²) in [5.74, 6) is -0.550. The van der Waals surface area contributed by atoms with Crippen LogP contribution in [-0.2, 0) is 10.9 Å². The van der Waals surface area contributed by atoms with Crippen molar-refractivity contribution in [2.45, 2.75) is 24.9 Å². The normalized spacial score (nSPS) is 16.1. The molecule has 3 heterocycles. The first kappa shape index (κ1) is 16.4. The van der Waals surface area contributed by atoms with Crippen molar-refractivity contribution in [1.82, 2.24) is 15.2 Å². The van der Waals surface area contributed by atoms with Crippen LogP contribution in [-0.4, -0.2) is 34.3 Å². The molecule has 0 radical (unpaired) electrons. The fraction of sp³-hybridized carbons (Fsp3) is 0.400. The molecule has 9 heteroatoms.